The Morgan fingerprint density at radius 3 is 2.47 bits per heavy atom. The molecule has 0 bridgehead atoms. The van der Waals surface area contributed by atoms with Gasteiger partial charge in [-0.1, -0.05) is 17.3 Å². The van der Waals surface area contributed by atoms with Gasteiger partial charge in [-0.15, -0.1) is 0 Å². The highest BCUT2D eigenvalue weighted by atomic mass is 19.4. The van der Waals surface area contributed by atoms with Crippen LogP contribution in [0.2, 0.25) is 0 Å². The van der Waals surface area contributed by atoms with E-state index < -0.39 is 17.8 Å². The normalized spacial score (nSPS) is 22.6. The van der Waals surface area contributed by atoms with Gasteiger partial charge in [0, 0.05) is 44.4 Å². The summed E-state index contributed by atoms with van der Waals surface area (Å²) < 4.78 is 49.8. The van der Waals surface area contributed by atoms with E-state index in [2.05, 4.69) is 10.1 Å². The van der Waals surface area contributed by atoms with Crippen molar-refractivity contribution in [1.29, 1.82) is 0 Å². The maximum atomic E-state index is 13.2. The predicted molar refractivity (Wildman–Crippen MR) is 115 cm³/mol. The van der Waals surface area contributed by atoms with Gasteiger partial charge in [-0.25, -0.2) is 4.79 Å². The van der Waals surface area contributed by atoms with Crippen molar-refractivity contribution < 1.29 is 32.3 Å². The number of urea groups is 1. The van der Waals surface area contributed by atoms with Gasteiger partial charge < -0.3 is 24.2 Å². The van der Waals surface area contributed by atoms with Gasteiger partial charge in [-0.05, 0) is 37.5 Å². The van der Waals surface area contributed by atoms with Gasteiger partial charge in [0.05, 0.1) is 24.9 Å². The van der Waals surface area contributed by atoms with Crippen molar-refractivity contribution in [1.82, 2.24) is 19.9 Å². The first-order valence-corrected chi connectivity index (χ1v) is 11.5. The van der Waals surface area contributed by atoms with Crippen molar-refractivity contribution in [3.05, 3.63) is 47.1 Å². The van der Waals surface area contributed by atoms with Crippen LogP contribution in [0.3, 0.4) is 0 Å². The molecule has 34 heavy (non-hydrogen) atoms. The molecule has 2 saturated heterocycles. The lowest BCUT2D eigenvalue weighted by Crippen LogP contribution is -2.52. The minimum Gasteiger partial charge on any atom is -0.393 e. The molecule has 1 N–H and O–H groups in total. The summed E-state index contributed by atoms with van der Waals surface area (Å²) in [5, 5.41) is 13.6. The van der Waals surface area contributed by atoms with Gasteiger partial charge in [0.15, 0.2) is 5.82 Å². The number of ether oxygens (including phenoxy) is 1. The maximum Gasteiger partial charge on any atom is 0.416 e. The zero-order valence-electron chi connectivity index (χ0n) is 19.0. The number of aliphatic hydroxyl groups is 1. The minimum atomic E-state index is -4.40. The van der Waals surface area contributed by atoms with E-state index in [1.165, 1.54) is 12.1 Å². The number of alkyl halides is 3. The van der Waals surface area contributed by atoms with E-state index in [0.717, 1.165) is 17.7 Å². The van der Waals surface area contributed by atoms with Crippen LogP contribution in [0.5, 0.6) is 0 Å². The zero-order valence-corrected chi connectivity index (χ0v) is 19.0. The van der Waals surface area contributed by atoms with Crippen LogP contribution in [0.1, 0.15) is 54.4 Å². The lowest BCUT2D eigenvalue weighted by atomic mass is 9.84. The summed E-state index contributed by atoms with van der Waals surface area (Å²) >= 11 is 0. The topological polar surface area (TPSA) is 91.9 Å². The van der Waals surface area contributed by atoms with Crippen LogP contribution in [0.15, 0.2) is 28.8 Å². The second-order valence-electron chi connectivity index (χ2n) is 8.97. The van der Waals surface area contributed by atoms with Crippen molar-refractivity contribution in [3.8, 4) is 0 Å². The predicted octanol–water partition coefficient (Wildman–Crippen LogP) is 3.43. The van der Waals surface area contributed by atoms with Gasteiger partial charge in [0.2, 0.25) is 5.89 Å². The number of aliphatic hydroxyl groups excluding tert-OH is 1. The second-order valence-corrected chi connectivity index (χ2v) is 8.97. The molecule has 11 heteroatoms. The highest BCUT2D eigenvalue weighted by molar-refractivity contribution is 5.75. The number of carbonyl (C=O) groups is 1. The molecule has 0 spiro atoms. The van der Waals surface area contributed by atoms with Crippen LogP contribution in [-0.4, -0.2) is 76.6 Å². The third-order valence-electron chi connectivity index (χ3n) is 6.34. The molecule has 3 atom stereocenters. The van der Waals surface area contributed by atoms with E-state index in [0.29, 0.717) is 70.4 Å². The van der Waals surface area contributed by atoms with E-state index in [1.54, 1.807) is 16.7 Å². The highest BCUT2D eigenvalue weighted by Gasteiger charge is 2.37. The molecule has 1 aromatic carbocycles. The standard InChI is InChI=1S/C23H29F3N4O4/c1-15(31)2-7-20-27-21(28-34-20)18-12-17(16-3-5-19(6-4-16)23(24,25)26)13-30(14-18)22(32)29-8-10-33-11-9-29/h3-6,15,17-18,31H,2,7-14H2,1H3. The molecular formula is C23H29F3N4O4. The molecular weight excluding hydrogens is 453 g/mol. The third-order valence-corrected chi connectivity index (χ3v) is 6.34. The molecule has 3 unspecified atom stereocenters. The number of morpholine rings is 1. The summed E-state index contributed by atoms with van der Waals surface area (Å²) in [5.74, 6) is 0.483. The number of hydrogen-bond acceptors (Lipinski definition) is 6. The number of piperidine rings is 1. The summed E-state index contributed by atoms with van der Waals surface area (Å²) in [6.45, 7) is 4.41. The summed E-state index contributed by atoms with van der Waals surface area (Å²) in [5.41, 5.74) is 0.0288. The first kappa shape index (κ1) is 24.5. The summed E-state index contributed by atoms with van der Waals surface area (Å²) in [6, 6.07) is 5.00. The molecule has 4 rings (SSSR count). The second kappa shape index (κ2) is 10.3. The number of carbonyl (C=O) groups excluding carboxylic acids is 1. The van der Waals surface area contributed by atoms with Gasteiger partial charge in [0.1, 0.15) is 0 Å². The number of amides is 2. The molecule has 186 valence electrons. The summed E-state index contributed by atoms with van der Waals surface area (Å²) in [7, 11) is 0. The van der Waals surface area contributed by atoms with E-state index in [4.69, 9.17) is 9.26 Å². The monoisotopic (exact) mass is 482 g/mol. The SMILES string of the molecule is CC(O)CCc1nc(C2CC(c3ccc(C(F)(F)F)cc3)CN(C(=O)N3CCOCC3)C2)no1. The van der Waals surface area contributed by atoms with Crippen molar-refractivity contribution in [2.75, 3.05) is 39.4 Å². The van der Waals surface area contributed by atoms with Gasteiger partial charge in [-0.3, -0.25) is 0 Å². The number of halogens is 3. The first-order chi connectivity index (χ1) is 16.2. The Hall–Kier alpha value is -2.66. The summed E-state index contributed by atoms with van der Waals surface area (Å²) in [4.78, 5) is 21.2. The maximum absolute atomic E-state index is 13.2. The molecule has 0 aliphatic carbocycles. The van der Waals surface area contributed by atoms with Crippen molar-refractivity contribution >= 4 is 6.03 Å². The largest absolute Gasteiger partial charge is 0.416 e. The van der Waals surface area contributed by atoms with Crippen LogP contribution in [0.25, 0.3) is 0 Å². The smallest absolute Gasteiger partial charge is 0.393 e. The Balaban J connectivity index is 1.55. The van der Waals surface area contributed by atoms with Gasteiger partial charge in [-0.2, -0.15) is 18.2 Å². The van der Waals surface area contributed by atoms with Crippen molar-refractivity contribution in [2.24, 2.45) is 0 Å². The van der Waals surface area contributed by atoms with Crippen LogP contribution in [0.4, 0.5) is 18.0 Å². The van der Waals surface area contributed by atoms with E-state index in [-0.39, 0.29) is 17.9 Å². The van der Waals surface area contributed by atoms with Crippen molar-refractivity contribution in [2.45, 2.75) is 50.3 Å². The molecule has 2 aliphatic rings. The van der Waals surface area contributed by atoms with Gasteiger partial charge >= 0.3 is 12.2 Å². The highest BCUT2D eigenvalue weighted by Crippen LogP contribution is 2.37. The quantitative estimate of drug-likeness (QED) is 0.702. The molecule has 0 saturated carbocycles. The lowest BCUT2D eigenvalue weighted by Gasteiger charge is -2.40. The average Bonchev–Trinajstić information content (AvgIpc) is 3.31. The first-order valence-electron chi connectivity index (χ1n) is 11.5. The Kier molecular flexibility index (Phi) is 7.42. The molecule has 2 aliphatic heterocycles. The molecule has 3 heterocycles. The lowest BCUT2D eigenvalue weighted by molar-refractivity contribution is -0.137. The molecule has 2 fully saturated rings. The Morgan fingerprint density at radius 2 is 1.82 bits per heavy atom. The number of nitrogens with zero attached hydrogens (tertiary/aromatic N) is 4. The van der Waals surface area contributed by atoms with E-state index in [9.17, 15) is 23.1 Å². The number of rotatable bonds is 5. The average molecular weight is 483 g/mol. The number of aryl methyl sites for hydroxylation is 1. The molecule has 8 nitrogen and oxygen atoms in total. The number of aromatic nitrogens is 2. The fourth-order valence-electron chi connectivity index (χ4n) is 4.45. The Labute approximate surface area is 195 Å². The Morgan fingerprint density at radius 1 is 1.15 bits per heavy atom. The molecule has 2 amide bonds. The van der Waals surface area contributed by atoms with Crippen molar-refractivity contribution in [3.63, 3.8) is 0 Å². The van der Waals surface area contributed by atoms with E-state index >= 15 is 0 Å². The Bertz CT molecular complexity index is 958. The summed E-state index contributed by atoms with van der Waals surface area (Å²) in [6.07, 6.45) is -3.39. The van der Waals surface area contributed by atoms with Crippen LogP contribution >= 0.6 is 0 Å². The number of hydrogen-bond donors (Lipinski definition) is 1. The number of benzene rings is 1. The minimum absolute atomic E-state index is 0.122. The van der Waals surface area contributed by atoms with Crippen LogP contribution in [-0.2, 0) is 17.3 Å². The fraction of sp³-hybridized carbons (Fsp3) is 0.609. The number of likely N-dealkylation sites (tertiary alicyclic amines) is 1. The van der Waals surface area contributed by atoms with Crippen LogP contribution < -0.4 is 0 Å². The molecule has 1 aromatic heterocycles. The fourth-order valence-corrected chi connectivity index (χ4v) is 4.45. The zero-order chi connectivity index (χ0) is 24.3. The third kappa shape index (κ3) is 5.87. The van der Waals surface area contributed by atoms with Gasteiger partial charge in [0.25, 0.3) is 0 Å². The van der Waals surface area contributed by atoms with Crippen LogP contribution in [0, 0.1) is 0 Å². The molecule has 2 aromatic rings. The van der Waals surface area contributed by atoms with E-state index in [1.807, 2.05) is 0 Å². The molecule has 0 radical (unpaired) electrons.